The average molecular weight is 239 g/mol. The van der Waals surface area contributed by atoms with E-state index in [1.165, 1.54) is 0 Å². The van der Waals surface area contributed by atoms with Gasteiger partial charge in [-0.3, -0.25) is 4.79 Å². The Balaban J connectivity index is -0.00000000750. The van der Waals surface area contributed by atoms with Gasteiger partial charge in [0, 0.05) is 39.6 Å². The minimum absolute atomic E-state index is 0. The van der Waals surface area contributed by atoms with Gasteiger partial charge in [-0.05, 0) is 0 Å². The Morgan fingerprint density at radius 3 is 1.83 bits per heavy atom. The zero-order valence-electron chi connectivity index (χ0n) is 5.64. The van der Waals surface area contributed by atoms with Gasteiger partial charge in [-0.15, -0.1) is 0 Å². The Kier molecular flexibility index (Phi) is 26.5. The van der Waals surface area contributed by atoms with Gasteiger partial charge in [0.25, 0.3) is 5.97 Å². The summed E-state index contributed by atoms with van der Waals surface area (Å²) >= 11 is 0. The molecule has 0 aromatic heterocycles. The van der Waals surface area contributed by atoms with Crippen molar-refractivity contribution >= 4 is 51.5 Å². The third-order valence-corrected chi connectivity index (χ3v) is 0. The molecule has 0 unspecified atom stereocenters. The maximum absolute atomic E-state index is 9.00. The van der Waals surface area contributed by atoms with Crippen LogP contribution >= 0.6 is 0 Å². The van der Waals surface area contributed by atoms with E-state index in [4.69, 9.17) is 9.90 Å². The smallest absolute Gasteiger partial charge is 1.00 e. The van der Waals surface area contributed by atoms with Gasteiger partial charge in [0.2, 0.25) is 0 Å². The van der Waals surface area contributed by atoms with Gasteiger partial charge in [0.1, 0.15) is 0 Å². The SMILES string of the molecule is CC(=O)O.[H-].[H-].[Sr+2].[Y]. The molecule has 1 radical (unpaired) electrons. The van der Waals surface area contributed by atoms with Crippen LogP contribution in [0.1, 0.15) is 9.78 Å². The van der Waals surface area contributed by atoms with Crippen LogP contribution in [-0.2, 0) is 37.5 Å². The molecule has 4 heteroatoms. The van der Waals surface area contributed by atoms with Crippen molar-refractivity contribution in [3.8, 4) is 0 Å². The number of rotatable bonds is 0. The summed E-state index contributed by atoms with van der Waals surface area (Å²) in [5.74, 6) is -0.833. The molecule has 31 valence electrons. The summed E-state index contributed by atoms with van der Waals surface area (Å²) in [6.07, 6.45) is 0. The Morgan fingerprint density at radius 1 is 1.83 bits per heavy atom. The predicted molar refractivity (Wildman–Crippen MR) is 21.3 cm³/mol. The summed E-state index contributed by atoms with van der Waals surface area (Å²) in [4.78, 5) is 9.00. The fraction of sp³-hybridized carbons (Fsp3) is 0.500. The van der Waals surface area contributed by atoms with Gasteiger partial charge in [0.15, 0.2) is 0 Å². The molecular weight excluding hydrogens is 233 g/mol. The van der Waals surface area contributed by atoms with Crippen LogP contribution < -0.4 is 0 Å². The monoisotopic (exact) mass is 239 g/mol. The maximum Gasteiger partial charge on any atom is 2.00 e. The molecule has 0 aliphatic rings. The van der Waals surface area contributed by atoms with Crippen LogP contribution in [-0.4, -0.2) is 56.6 Å². The number of aliphatic carboxylic acids is 1. The molecule has 2 nitrogen and oxygen atoms in total. The second-order valence-corrected chi connectivity index (χ2v) is 0.519. The number of carboxylic acids is 1. The zero-order valence-corrected chi connectivity index (χ0v) is 9.95. The van der Waals surface area contributed by atoms with E-state index in [0.29, 0.717) is 0 Å². The third-order valence-electron chi connectivity index (χ3n) is 0. The fourth-order valence-corrected chi connectivity index (χ4v) is 0. The van der Waals surface area contributed by atoms with Crippen LogP contribution in [0.15, 0.2) is 0 Å². The molecule has 1 N–H and O–H groups in total. The normalized spacial score (nSPS) is 4.17. The molecule has 0 aliphatic carbocycles. The summed E-state index contributed by atoms with van der Waals surface area (Å²) in [6.45, 7) is 1.08. The van der Waals surface area contributed by atoms with Crippen molar-refractivity contribution in [2.45, 2.75) is 6.92 Å². The van der Waals surface area contributed by atoms with Crippen LogP contribution in [0.25, 0.3) is 0 Å². The number of carbonyl (C=O) groups is 1. The van der Waals surface area contributed by atoms with E-state index in [-0.39, 0.29) is 81.0 Å². The van der Waals surface area contributed by atoms with E-state index in [9.17, 15) is 0 Å². The van der Waals surface area contributed by atoms with Crippen molar-refractivity contribution in [2.75, 3.05) is 0 Å². The van der Waals surface area contributed by atoms with Crippen molar-refractivity contribution in [1.29, 1.82) is 0 Å². The topological polar surface area (TPSA) is 37.3 Å². The van der Waals surface area contributed by atoms with Crippen molar-refractivity contribution in [3.63, 3.8) is 0 Å². The molecule has 0 fully saturated rings. The van der Waals surface area contributed by atoms with Gasteiger partial charge in [-0.2, -0.15) is 0 Å². The van der Waals surface area contributed by atoms with E-state index in [2.05, 4.69) is 0 Å². The van der Waals surface area contributed by atoms with Gasteiger partial charge < -0.3 is 7.96 Å². The van der Waals surface area contributed by atoms with Gasteiger partial charge in [-0.25, -0.2) is 0 Å². The molecule has 0 amide bonds. The Hall–Kier alpha value is 2.05. The largest absolute Gasteiger partial charge is 2.00 e. The molecule has 0 saturated carbocycles. The van der Waals surface area contributed by atoms with E-state index >= 15 is 0 Å². The summed E-state index contributed by atoms with van der Waals surface area (Å²) in [5.41, 5.74) is 0. The first-order valence-electron chi connectivity index (χ1n) is 0.928. The first-order valence-corrected chi connectivity index (χ1v) is 0.928. The minimum Gasteiger partial charge on any atom is -1.00 e. The van der Waals surface area contributed by atoms with Crippen LogP contribution in [0.5, 0.6) is 0 Å². The van der Waals surface area contributed by atoms with Crippen LogP contribution in [0, 0.1) is 0 Å². The van der Waals surface area contributed by atoms with Crippen molar-refractivity contribution < 1.29 is 45.5 Å². The quantitative estimate of drug-likeness (QED) is 0.600. The maximum atomic E-state index is 9.00. The Bertz CT molecular complexity index is 41.0. The Morgan fingerprint density at radius 2 is 1.83 bits per heavy atom. The first-order chi connectivity index (χ1) is 1.73. The molecule has 0 aromatic carbocycles. The number of carboxylic acid groups (broad SMARTS) is 1. The van der Waals surface area contributed by atoms with Crippen LogP contribution in [0.2, 0.25) is 0 Å². The average Bonchev–Trinajstić information content (AvgIpc) is 0.811. The summed E-state index contributed by atoms with van der Waals surface area (Å²) in [5, 5.41) is 7.42. The molecule has 6 heavy (non-hydrogen) atoms. The van der Waals surface area contributed by atoms with Crippen molar-refractivity contribution in [3.05, 3.63) is 0 Å². The van der Waals surface area contributed by atoms with E-state index in [1.807, 2.05) is 0 Å². The van der Waals surface area contributed by atoms with Crippen LogP contribution in [0.3, 0.4) is 0 Å². The molecule has 0 aromatic rings. The van der Waals surface area contributed by atoms with Gasteiger partial charge in [0.05, 0.1) is 0 Å². The molecular formula is C2H6O2SrY. The van der Waals surface area contributed by atoms with Crippen molar-refractivity contribution in [1.82, 2.24) is 0 Å². The predicted octanol–water partition coefficient (Wildman–Crippen LogP) is -0.0674. The molecule has 0 atom stereocenters. The third kappa shape index (κ3) is 36.6. The number of hydrogen-bond donors (Lipinski definition) is 1. The second-order valence-electron chi connectivity index (χ2n) is 0.519. The van der Waals surface area contributed by atoms with E-state index in [0.717, 1.165) is 6.92 Å². The molecule has 0 spiro atoms. The summed E-state index contributed by atoms with van der Waals surface area (Å²) in [6, 6.07) is 0. The molecule has 0 saturated heterocycles. The molecule has 0 heterocycles. The fourth-order valence-electron chi connectivity index (χ4n) is 0. The summed E-state index contributed by atoms with van der Waals surface area (Å²) in [7, 11) is 0. The van der Waals surface area contributed by atoms with E-state index in [1.54, 1.807) is 0 Å². The van der Waals surface area contributed by atoms with Crippen molar-refractivity contribution in [2.24, 2.45) is 0 Å². The summed E-state index contributed by atoms with van der Waals surface area (Å²) < 4.78 is 0. The van der Waals surface area contributed by atoms with Crippen LogP contribution in [0.4, 0.5) is 0 Å². The minimum atomic E-state index is -0.833. The zero-order chi connectivity index (χ0) is 3.58. The second kappa shape index (κ2) is 10.1. The Labute approximate surface area is 102 Å². The molecule has 0 rings (SSSR count). The molecule has 0 bridgehead atoms. The number of hydrogen-bond acceptors (Lipinski definition) is 1. The van der Waals surface area contributed by atoms with E-state index < -0.39 is 5.97 Å². The van der Waals surface area contributed by atoms with Gasteiger partial charge >= 0.3 is 45.5 Å². The molecule has 0 aliphatic heterocycles. The first kappa shape index (κ1) is 15.7. The standard InChI is InChI=1S/C2H4O2.Sr.Y.2H/c1-2(3)4;;;;/h1H3,(H,3,4);;;;/q;+2;;2*-1. The van der Waals surface area contributed by atoms with Gasteiger partial charge in [-0.1, -0.05) is 0 Å².